The number of alkyl halides is 1. The van der Waals surface area contributed by atoms with Gasteiger partial charge in [-0.3, -0.25) is 4.79 Å². The van der Waals surface area contributed by atoms with E-state index in [4.69, 9.17) is 34.3 Å². The van der Waals surface area contributed by atoms with Crippen LogP contribution < -0.4 is 15.7 Å². The molecular weight excluding hydrogens is 566 g/mol. The van der Waals surface area contributed by atoms with Crippen molar-refractivity contribution in [1.82, 2.24) is 19.7 Å². The Morgan fingerprint density at radius 1 is 1.29 bits per heavy atom. The molecule has 0 spiro atoms. The van der Waals surface area contributed by atoms with Crippen LogP contribution in [0.15, 0.2) is 48.8 Å². The Balaban J connectivity index is 1.48. The molecular formula is C24H28FN6O9P. The summed E-state index contributed by atoms with van der Waals surface area (Å²) in [5.74, 6) is -0.549. The number of nitrogens with one attached hydrogen (secondary N) is 1. The molecule has 1 aromatic carbocycles. The number of halogens is 1. The number of carbonyl (C=O) groups is 1. The lowest BCUT2D eigenvalue weighted by molar-refractivity contribution is -0.258. The van der Waals surface area contributed by atoms with Gasteiger partial charge in [-0.15, -0.1) is 4.67 Å². The summed E-state index contributed by atoms with van der Waals surface area (Å²) in [6, 6.07) is 11.3. The third-order valence-corrected chi connectivity index (χ3v) is 7.13. The van der Waals surface area contributed by atoms with E-state index in [1.165, 1.54) is 35.7 Å². The molecule has 220 valence electrons. The number of aliphatic hydroxyl groups is 1. The van der Waals surface area contributed by atoms with E-state index in [-0.39, 0.29) is 22.8 Å². The molecule has 0 bridgehead atoms. The second-order valence-electron chi connectivity index (χ2n) is 9.22. The van der Waals surface area contributed by atoms with E-state index in [9.17, 15) is 19.7 Å². The predicted molar refractivity (Wildman–Crippen MR) is 137 cm³/mol. The van der Waals surface area contributed by atoms with Gasteiger partial charge >= 0.3 is 13.7 Å². The average molecular weight is 594 g/mol. The number of nitrogens with two attached hydrogens (primary N) is 1. The zero-order valence-electron chi connectivity index (χ0n) is 22.1. The highest BCUT2D eigenvalue weighted by atomic mass is 31.2. The monoisotopic (exact) mass is 594 g/mol. The Kier molecular flexibility index (Phi) is 9.20. The number of carbonyl (C=O) groups excluding carboxylic acids is 1. The number of aliphatic hydroxyl groups excluding tert-OH is 1. The Bertz CT molecular complexity index is 1450. The molecule has 1 aliphatic rings. The van der Waals surface area contributed by atoms with Gasteiger partial charge in [-0.05, 0) is 45.0 Å². The molecule has 4 N–H and O–H groups in total. The summed E-state index contributed by atoms with van der Waals surface area (Å²) < 4.78 is 50.7. The molecule has 0 amide bonds. The van der Waals surface area contributed by atoms with Gasteiger partial charge in [0.25, 0.3) is 0 Å². The summed E-state index contributed by atoms with van der Waals surface area (Å²) in [6.07, 6.45) is -4.97. The summed E-state index contributed by atoms with van der Waals surface area (Å²) in [6.45, 7) is 3.87. The van der Waals surface area contributed by atoms with Crippen molar-refractivity contribution in [3.63, 3.8) is 0 Å². The molecule has 3 aromatic rings. The molecule has 0 saturated carbocycles. The largest absolute Gasteiger partial charge is 0.469 e. The van der Waals surface area contributed by atoms with Gasteiger partial charge < -0.3 is 25.2 Å². The number of nitriles is 1. The molecule has 1 fully saturated rings. The van der Waals surface area contributed by atoms with Gasteiger partial charge in [0.15, 0.2) is 17.7 Å². The molecule has 1 aliphatic heterocycles. The lowest BCUT2D eigenvalue weighted by Crippen LogP contribution is -2.38. The van der Waals surface area contributed by atoms with Crippen molar-refractivity contribution in [2.75, 3.05) is 12.3 Å². The number of ether oxygens (including phenoxy) is 2. The van der Waals surface area contributed by atoms with Crippen LogP contribution in [0.1, 0.15) is 26.5 Å². The van der Waals surface area contributed by atoms with Crippen LogP contribution >= 0.6 is 7.75 Å². The molecule has 0 radical (unpaired) electrons. The summed E-state index contributed by atoms with van der Waals surface area (Å²) in [5.41, 5.74) is 3.75. The number of anilines is 1. The minimum absolute atomic E-state index is 0.0523. The molecule has 3 heterocycles. The van der Waals surface area contributed by atoms with Crippen LogP contribution in [0.4, 0.5) is 10.2 Å². The van der Waals surface area contributed by atoms with Crippen molar-refractivity contribution in [2.24, 2.45) is 0 Å². The summed E-state index contributed by atoms with van der Waals surface area (Å²) in [7, 11) is -4.58. The summed E-state index contributed by atoms with van der Waals surface area (Å²) in [4.78, 5) is 26.2. The maximum Gasteiger partial charge on any atom is 0.469 e. The minimum atomic E-state index is -4.58. The number of hydrogen-bond acceptors (Lipinski definition) is 13. The molecule has 6 atom stereocenters. The Hall–Kier alpha value is -3.68. The number of nitrogens with zero attached hydrogens (tertiary/aromatic N) is 4. The zero-order valence-corrected chi connectivity index (χ0v) is 23.0. The number of rotatable bonds is 12. The normalized spacial score (nSPS) is 24.6. The first-order chi connectivity index (χ1) is 19.5. The standard InChI is InChI=1S/C24H28FN6O9P/c1-14(2)36-23(33)15(3)30-41(34,40-38-16-7-5-4-6-8-16)39-35-11-18-20(32)21(25)24(12-26,37-18)19-10-9-17-22(27)28-13-29-31(17)19/h4-10,13-15,18,20-21,32H,11H2,1-3H3,(H,30,34)(H2,27,28,29)/t15-,18+,20+,21+,24-,41?/m0/s1. The van der Waals surface area contributed by atoms with E-state index in [1.807, 2.05) is 0 Å². The molecule has 17 heteroatoms. The zero-order chi connectivity index (χ0) is 29.8. The first-order valence-electron chi connectivity index (χ1n) is 12.3. The van der Waals surface area contributed by atoms with Crippen LogP contribution in [0.5, 0.6) is 5.75 Å². The Morgan fingerprint density at radius 2 is 2.02 bits per heavy atom. The van der Waals surface area contributed by atoms with E-state index < -0.39 is 56.4 Å². The van der Waals surface area contributed by atoms with Crippen molar-refractivity contribution in [3.05, 3.63) is 54.5 Å². The molecule has 41 heavy (non-hydrogen) atoms. The molecule has 0 aliphatic carbocycles. The van der Waals surface area contributed by atoms with Crippen molar-refractivity contribution in [1.29, 1.82) is 5.26 Å². The average Bonchev–Trinajstić information content (AvgIpc) is 3.49. The molecule has 1 unspecified atom stereocenters. The van der Waals surface area contributed by atoms with Crippen LogP contribution in [-0.2, 0) is 38.7 Å². The maximum atomic E-state index is 15.5. The second kappa shape index (κ2) is 12.5. The number of nitrogen functional groups attached to an aromatic ring is 1. The van der Waals surface area contributed by atoms with Crippen LogP contribution in [0.2, 0.25) is 0 Å². The third-order valence-electron chi connectivity index (χ3n) is 5.85. The van der Waals surface area contributed by atoms with Gasteiger partial charge in [0.05, 0.1) is 11.8 Å². The smallest absolute Gasteiger partial charge is 0.462 e. The molecule has 15 nitrogen and oxygen atoms in total. The number of aromatic nitrogens is 3. The lowest BCUT2D eigenvalue weighted by Gasteiger charge is -2.23. The van der Waals surface area contributed by atoms with E-state index >= 15 is 4.39 Å². The number of para-hydroxylation sites is 1. The van der Waals surface area contributed by atoms with Gasteiger partial charge in [-0.1, -0.05) is 22.9 Å². The highest BCUT2D eigenvalue weighted by Gasteiger charge is 2.59. The van der Waals surface area contributed by atoms with E-state index in [2.05, 4.69) is 15.2 Å². The van der Waals surface area contributed by atoms with Gasteiger partial charge in [-0.25, -0.2) is 28.4 Å². The van der Waals surface area contributed by atoms with E-state index in [0.29, 0.717) is 0 Å². The van der Waals surface area contributed by atoms with Gasteiger partial charge in [-0.2, -0.15) is 10.4 Å². The van der Waals surface area contributed by atoms with Crippen molar-refractivity contribution < 1.29 is 47.5 Å². The van der Waals surface area contributed by atoms with Gasteiger partial charge in [0, 0.05) is 0 Å². The molecule has 1 saturated heterocycles. The van der Waals surface area contributed by atoms with E-state index in [1.54, 1.807) is 38.1 Å². The van der Waals surface area contributed by atoms with Crippen LogP contribution in [0.25, 0.3) is 5.52 Å². The quantitative estimate of drug-likeness (QED) is 0.119. The predicted octanol–water partition coefficient (Wildman–Crippen LogP) is 2.12. The fourth-order valence-corrected chi connectivity index (χ4v) is 5.01. The topological polar surface area (TPSA) is 202 Å². The number of fused-ring (bicyclic) bond motifs is 1. The Morgan fingerprint density at radius 3 is 2.71 bits per heavy atom. The van der Waals surface area contributed by atoms with Crippen LogP contribution in [0, 0.1) is 11.3 Å². The SMILES string of the molecule is CC(C)OC(=O)[C@H](C)NP(=O)(OOC[C@H]1O[C@@](C#N)(c2ccc3c(N)ncnn23)[C@H](F)[C@@H]1O)OOc1ccccc1. The summed E-state index contributed by atoms with van der Waals surface area (Å²) >= 11 is 0. The van der Waals surface area contributed by atoms with E-state index in [0.717, 1.165) is 6.33 Å². The fraction of sp³-hybridized carbons (Fsp3) is 0.417. The van der Waals surface area contributed by atoms with Crippen molar-refractivity contribution in [3.8, 4) is 11.8 Å². The van der Waals surface area contributed by atoms with Gasteiger partial charge in [0.2, 0.25) is 5.60 Å². The maximum absolute atomic E-state index is 15.5. The van der Waals surface area contributed by atoms with Crippen LogP contribution in [0.3, 0.4) is 0 Å². The first kappa shape index (κ1) is 30.3. The summed E-state index contributed by atoms with van der Waals surface area (Å²) in [5, 5.41) is 26.8. The number of hydrogen-bond donors (Lipinski definition) is 3. The Labute approximate surface area is 233 Å². The highest BCUT2D eigenvalue weighted by molar-refractivity contribution is 7.51. The number of benzene rings is 1. The molecule has 4 rings (SSSR count). The fourth-order valence-electron chi connectivity index (χ4n) is 3.93. The number of esters is 1. The van der Waals surface area contributed by atoms with Crippen molar-refractivity contribution >= 4 is 25.1 Å². The third kappa shape index (κ3) is 6.47. The van der Waals surface area contributed by atoms with Gasteiger partial charge in [0.1, 0.15) is 42.8 Å². The molecule has 2 aromatic heterocycles. The highest BCUT2D eigenvalue weighted by Crippen LogP contribution is 2.46. The minimum Gasteiger partial charge on any atom is -0.462 e. The lowest BCUT2D eigenvalue weighted by atomic mass is 9.94. The van der Waals surface area contributed by atoms with Crippen LogP contribution in [-0.4, -0.2) is 62.8 Å². The van der Waals surface area contributed by atoms with Crippen molar-refractivity contribution in [2.45, 2.75) is 56.9 Å². The first-order valence-corrected chi connectivity index (χ1v) is 13.8. The second-order valence-corrected chi connectivity index (χ2v) is 10.8.